The highest BCUT2D eigenvalue weighted by Crippen LogP contribution is 2.30. The normalized spacial score (nSPS) is 19.4. The molecular formula is C23H26N4O3S. The van der Waals surface area contributed by atoms with Crippen molar-refractivity contribution in [3.8, 4) is 11.5 Å². The Balaban J connectivity index is 1.03. The minimum Gasteiger partial charge on any atom is -0.486 e. The minimum atomic E-state index is -0.162. The van der Waals surface area contributed by atoms with E-state index in [0.717, 1.165) is 54.7 Å². The van der Waals surface area contributed by atoms with E-state index in [1.165, 1.54) is 4.70 Å². The highest BCUT2D eigenvalue weighted by atomic mass is 32.1. The number of piperazine rings is 1. The molecule has 1 saturated heterocycles. The average molecular weight is 439 g/mol. The number of nitrogens with one attached hydrogen (secondary N) is 1. The van der Waals surface area contributed by atoms with E-state index >= 15 is 0 Å². The molecule has 8 heteroatoms. The van der Waals surface area contributed by atoms with Gasteiger partial charge < -0.3 is 14.8 Å². The Morgan fingerprint density at radius 3 is 2.61 bits per heavy atom. The molecule has 0 aliphatic carbocycles. The minimum absolute atomic E-state index is 0.0297. The van der Waals surface area contributed by atoms with Crippen molar-refractivity contribution in [2.45, 2.75) is 12.6 Å². The van der Waals surface area contributed by atoms with E-state index in [-0.39, 0.29) is 12.0 Å². The molecule has 1 aromatic heterocycles. The lowest BCUT2D eigenvalue weighted by Gasteiger charge is -2.34. The summed E-state index contributed by atoms with van der Waals surface area (Å²) >= 11 is 1.77. The summed E-state index contributed by atoms with van der Waals surface area (Å²) in [6, 6.07) is 15.9. The lowest BCUT2D eigenvalue weighted by molar-refractivity contribution is -0.123. The largest absolute Gasteiger partial charge is 0.486 e. The first-order chi connectivity index (χ1) is 15.2. The van der Waals surface area contributed by atoms with E-state index in [2.05, 4.69) is 33.3 Å². The summed E-state index contributed by atoms with van der Waals surface area (Å²) < 4.78 is 12.8. The molecule has 0 bridgehead atoms. The van der Waals surface area contributed by atoms with E-state index in [4.69, 9.17) is 14.5 Å². The zero-order valence-electron chi connectivity index (χ0n) is 17.3. The quantitative estimate of drug-likeness (QED) is 0.638. The molecule has 5 rings (SSSR count). The number of benzene rings is 2. The third-order valence-corrected chi connectivity index (χ3v) is 6.64. The Morgan fingerprint density at radius 2 is 1.77 bits per heavy atom. The van der Waals surface area contributed by atoms with Crippen LogP contribution in [0.2, 0.25) is 0 Å². The summed E-state index contributed by atoms with van der Waals surface area (Å²) in [5.74, 6) is 1.52. The molecule has 1 atom stereocenters. The van der Waals surface area contributed by atoms with Crippen molar-refractivity contribution in [1.29, 1.82) is 0 Å². The molecule has 0 saturated carbocycles. The Kier molecular flexibility index (Phi) is 6.01. The highest BCUT2D eigenvalue weighted by Gasteiger charge is 2.23. The second-order valence-electron chi connectivity index (χ2n) is 7.93. The summed E-state index contributed by atoms with van der Waals surface area (Å²) in [5, 5.41) is 4.15. The van der Waals surface area contributed by atoms with Gasteiger partial charge in [0.1, 0.15) is 17.7 Å². The van der Waals surface area contributed by atoms with Gasteiger partial charge in [-0.3, -0.25) is 14.6 Å². The molecule has 3 heterocycles. The third-order valence-electron chi connectivity index (χ3n) is 5.62. The maximum atomic E-state index is 12.4. The zero-order chi connectivity index (χ0) is 21.0. The van der Waals surface area contributed by atoms with E-state index in [0.29, 0.717) is 19.7 Å². The third kappa shape index (κ3) is 4.98. The highest BCUT2D eigenvalue weighted by molar-refractivity contribution is 7.18. The number of fused-ring (bicyclic) bond motifs is 2. The van der Waals surface area contributed by atoms with Crippen molar-refractivity contribution < 1.29 is 14.3 Å². The van der Waals surface area contributed by atoms with Gasteiger partial charge in [-0.2, -0.15) is 0 Å². The predicted molar refractivity (Wildman–Crippen MR) is 121 cm³/mol. The molecule has 2 aliphatic heterocycles. The molecule has 2 aromatic carbocycles. The van der Waals surface area contributed by atoms with Crippen LogP contribution in [0.25, 0.3) is 10.2 Å². The van der Waals surface area contributed by atoms with Crippen LogP contribution in [0.4, 0.5) is 0 Å². The Bertz CT molecular complexity index is 1010. The number of carbonyl (C=O) groups is 1. The van der Waals surface area contributed by atoms with Crippen LogP contribution >= 0.6 is 11.3 Å². The summed E-state index contributed by atoms with van der Waals surface area (Å²) in [6.45, 7) is 5.84. The van der Waals surface area contributed by atoms with Crippen LogP contribution in [0.3, 0.4) is 0 Å². The number of aromatic nitrogens is 1. The van der Waals surface area contributed by atoms with Crippen LogP contribution in [0.5, 0.6) is 11.5 Å². The molecular weight excluding hydrogens is 412 g/mol. The maximum absolute atomic E-state index is 12.4. The smallest absolute Gasteiger partial charge is 0.234 e. The molecule has 3 aromatic rings. The fourth-order valence-electron chi connectivity index (χ4n) is 3.93. The zero-order valence-corrected chi connectivity index (χ0v) is 18.1. The maximum Gasteiger partial charge on any atom is 0.234 e. The van der Waals surface area contributed by atoms with Gasteiger partial charge in [0.15, 0.2) is 11.5 Å². The summed E-state index contributed by atoms with van der Waals surface area (Å²) in [6.07, 6.45) is -0.162. The van der Waals surface area contributed by atoms with Crippen LogP contribution in [-0.4, -0.2) is 72.7 Å². The van der Waals surface area contributed by atoms with Crippen molar-refractivity contribution in [2.24, 2.45) is 0 Å². The fourth-order valence-corrected chi connectivity index (χ4v) is 4.94. The number of rotatable bonds is 6. The fraction of sp³-hybridized carbons (Fsp3) is 0.391. The average Bonchev–Trinajstić information content (AvgIpc) is 3.21. The van der Waals surface area contributed by atoms with Gasteiger partial charge in [0.2, 0.25) is 5.91 Å². The van der Waals surface area contributed by atoms with Crippen molar-refractivity contribution >= 4 is 27.5 Å². The number of ether oxygens (including phenoxy) is 2. The van der Waals surface area contributed by atoms with Crippen LogP contribution in [0.15, 0.2) is 48.5 Å². The number of hydrogen-bond donors (Lipinski definition) is 1. The first-order valence-corrected chi connectivity index (χ1v) is 11.5. The van der Waals surface area contributed by atoms with Gasteiger partial charge in [-0.15, -0.1) is 11.3 Å². The van der Waals surface area contributed by atoms with Gasteiger partial charge in [-0.05, 0) is 24.3 Å². The molecule has 162 valence electrons. The van der Waals surface area contributed by atoms with Gasteiger partial charge in [0, 0.05) is 26.2 Å². The molecule has 2 aliphatic rings. The number of para-hydroxylation sites is 3. The SMILES string of the molecule is O=C(CN1CCN(Cc2nc3ccccc3s2)CC1)NC[C@H]1COc2ccccc2O1. The van der Waals surface area contributed by atoms with E-state index in [1.54, 1.807) is 11.3 Å². The van der Waals surface area contributed by atoms with Crippen molar-refractivity contribution in [3.63, 3.8) is 0 Å². The van der Waals surface area contributed by atoms with Crippen molar-refractivity contribution in [2.75, 3.05) is 45.9 Å². The molecule has 0 spiro atoms. The van der Waals surface area contributed by atoms with Gasteiger partial charge in [-0.25, -0.2) is 4.98 Å². The van der Waals surface area contributed by atoms with Gasteiger partial charge in [-0.1, -0.05) is 24.3 Å². The molecule has 0 radical (unpaired) electrons. The Hall–Kier alpha value is -2.68. The lowest BCUT2D eigenvalue weighted by Crippen LogP contribution is -2.50. The lowest BCUT2D eigenvalue weighted by atomic mass is 10.2. The number of thiazole rings is 1. The van der Waals surface area contributed by atoms with Gasteiger partial charge in [0.05, 0.1) is 29.9 Å². The van der Waals surface area contributed by atoms with Crippen LogP contribution in [0.1, 0.15) is 5.01 Å². The first kappa shape index (κ1) is 20.2. The number of amides is 1. The molecule has 7 nitrogen and oxygen atoms in total. The number of nitrogens with zero attached hydrogens (tertiary/aromatic N) is 3. The van der Waals surface area contributed by atoms with E-state index in [9.17, 15) is 4.79 Å². The first-order valence-electron chi connectivity index (χ1n) is 10.7. The molecule has 31 heavy (non-hydrogen) atoms. The summed E-state index contributed by atoms with van der Waals surface area (Å²) in [5.41, 5.74) is 1.08. The Morgan fingerprint density at radius 1 is 1.03 bits per heavy atom. The van der Waals surface area contributed by atoms with Crippen LogP contribution < -0.4 is 14.8 Å². The van der Waals surface area contributed by atoms with E-state index in [1.807, 2.05) is 30.3 Å². The van der Waals surface area contributed by atoms with Crippen LogP contribution in [-0.2, 0) is 11.3 Å². The molecule has 0 unspecified atom stereocenters. The standard InChI is InChI=1S/C23H26N4O3S/c28-22(24-13-17-16-29-19-6-2-3-7-20(19)30-17)14-26-9-11-27(12-10-26)15-23-25-18-5-1-4-8-21(18)31-23/h1-8,17H,9-16H2,(H,24,28)/t17-/m0/s1. The van der Waals surface area contributed by atoms with Crippen molar-refractivity contribution in [1.82, 2.24) is 20.1 Å². The Labute approximate surface area is 185 Å². The predicted octanol–water partition coefficient (Wildman–Crippen LogP) is 2.37. The van der Waals surface area contributed by atoms with Crippen LogP contribution in [0, 0.1) is 0 Å². The van der Waals surface area contributed by atoms with E-state index < -0.39 is 0 Å². The second kappa shape index (κ2) is 9.21. The van der Waals surface area contributed by atoms with Gasteiger partial charge in [0.25, 0.3) is 0 Å². The van der Waals surface area contributed by atoms with Gasteiger partial charge >= 0.3 is 0 Å². The number of hydrogen-bond acceptors (Lipinski definition) is 7. The number of carbonyl (C=O) groups excluding carboxylic acids is 1. The molecule has 1 amide bonds. The summed E-state index contributed by atoms with van der Waals surface area (Å²) in [7, 11) is 0. The van der Waals surface area contributed by atoms with Crippen molar-refractivity contribution in [3.05, 3.63) is 53.5 Å². The monoisotopic (exact) mass is 438 g/mol. The summed E-state index contributed by atoms with van der Waals surface area (Å²) in [4.78, 5) is 21.8. The molecule has 1 N–H and O–H groups in total. The molecule has 1 fully saturated rings. The topological polar surface area (TPSA) is 66.9 Å². The second-order valence-corrected chi connectivity index (χ2v) is 9.04.